The summed E-state index contributed by atoms with van der Waals surface area (Å²) in [6.07, 6.45) is 5.20. The molecule has 0 aliphatic rings. The third-order valence-corrected chi connectivity index (χ3v) is 2.21. The second-order valence-electron chi connectivity index (χ2n) is 3.23. The average molecular weight is 209 g/mol. The highest BCUT2D eigenvalue weighted by molar-refractivity contribution is 6.33. The van der Waals surface area contributed by atoms with Crippen LogP contribution in [0, 0.1) is 12.3 Å². The van der Waals surface area contributed by atoms with Crippen LogP contribution in [-0.4, -0.2) is 18.5 Å². The van der Waals surface area contributed by atoms with E-state index in [9.17, 15) is 0 Å². The van der Waals surface area contributed by atoms with Crippen molar-refractivity contribution in [2.75, 3.05) is 19.3 Å². The summed E-state index contributed by atoms with van der Waals surface area (Å²) in [5.74, 6) is 2.58. The number of nitrogen functional groups attached to an aromatic ring is 1. The zero-order valence-electron chi connectivity index (χ0n) is 8.13. The zero-order valence-corrected chi connectivity index (χ0v) is 8.88. The van der Waals surface area contributed by atoms with Gasteiger partial charge in [-0.2, -0.15) is 0 Å². The third kappa shape index (κ3) is 2.95. The summed E-state index contributed by atoms with van der Waals surface area (Å²) in [5.41, 5.74) is 7.32. The quantitative estimate of drug-likeness (QED) is 0.608. The van der Waals surface area contributed by atoms with Gasteiger partial charge in [0.1, 0.15) is 0 Å². The van der Waals surface area contributed by atoms with E-state index in [1.165, 1.54) is 0 Å². The first-order valence-corrected chi connectivity index (χ1v) is 4.67. The molecular formula is C11H13ClN2. The molecule has 0 fully saturated rings. The van der Waals surface area contributed by atoms with Crippen molar-refractivity contribution in [3.05, 3.63) is 28.8 Å². The second-order valence-corrected chi connectivity index (χ2v) is 3.64. The molecule has 0 atom stereocenters. The molecule has 0 saturated carbocycles. The van der Waals surface area contributed by atoms with Crippen molar-refractivity contribution in [2.24, 2.45) is 0 Å². The Morgan fingerprint density at radius 3 is 2.86 bits per heavy atom. The van der Waals surface area contributed by atoms with Crippen LogP contribution in [0.3, 0.4) is 0 Å². The normalized spacial score (nSPS) is 10.1. The number of benzene rings is 1. The number of nitrogens with zero attached hydrogens (tertiary/aromatic N) is 1. The molecule has 2 N–H and O–H groups in total. The van der Waals surface area contributed by atoms with Crippen molar-refractivity contribution in [2.45, 2.75) is 6.54 Å². The summed E-state index contributed by atoms with van der Waals surface area (Å²) in [6.45, 7) is 1.41. The molecule has 1 rings (SSSR count). The summed E-state index contributed by atoms with van der Waals surface area (Å²) in [5, 5.41) is 0.594. The van der Waals surface area contributed by atoms with Crippen LogP contribution in [-0.2, 0) is 6.54 Å². The number of rotatable bonds is 3. The Bertz CT molecular complexity index is 355. The molecule has 1 aromatic carbocycles. The minimum absolute atomic E-state index is 0.594. The molecule has 74 valence electrons. The molecule has 0 aromatic heterocycles. The highest BCUT2D eigenvalue weighted by Crippen LogP contribution is 2.20. The molecule has 0 saturated heterocycles. The summed E-state index contributed by atoms with van der Waals surface area (Å²) in [6, 6.07) is 5.62. The molecule has 0 radical (unpaired) electrons. The van der Waals surface area contributed by atoms with E-state index < -0.39 is 0 Å². The largest absolute Gasteiger partial charge is 0.398 e. The third-order valence-electron chi connectivity index (χ3n) is 1.88. The van der Waals surface area contributed by atoms with Crippen LogP contribution in [0.25, 0.3) is 0 Å². The highest BCUT2D eigenvalue weighted by atomic mass is 35.5. The minimum atomic E-state index is 0.594. The summed E-state index contributed by atoms with van der Waals surface area (Å²) >= 11 is 5.89. The lowest BCUT2D eigenvalue weighted by Crippen LogP contribution is -2.17. The average Bonchev–Trinajstić information content (AvgIpc) is 2.12. The van der Waals surface area contributed by atoms with Gasteiger partial charge in [0.15, 0.2) is 0 Å². The van der Waals surface area contributed by atoms with E-state index in [4.69, 9.17) is 23.8 Å². The van der Waals surface area contributed by atoms with Gasteiger partial charge in [0.05, 0.1) is 17.3 Å². The van der Waals surface area contributed by atoms with Crippen molar-refractivity contribution >= 4 is 17.3 Å². The van der Waals surface area contributed by atoms with Gasteiger partial charge in [-0.1, -0.05) is 23.6 Å². The first-order valence-electron chi connectivity index (χ1n) is 4.29. The molecule has 0 heterocycles. The first-order chi connectivity index (χ1) is 6.63. The fraction of sp³-hybridized carbons (Fsp3) is 0.273. The maximum atomic E-state index is 5.89. The van der Waals surface area contributed by atoms with E-state index in [0.29, 0.717) is 17.3 Å². The Morgan fingerprint density at radius 2 is 2.29 bits per heavy atom. The van der Waals surface area contributed by atoms with Crippen LogP contribution < -0.4 is 5.73 Å². The number of hydrogen-bond donors (Lipinski definition) is 1. The lowest BCUT2D eigenvalue weighted by Gasteiger charge is -2.13. The fourth-order valence-corrected chi connectivity index (χ4v) is 1.40. The van der Waals surface area contributed by atoms with Gasteiger partial charge in [0, 0.05) is 6.54 Å². The standard InChI is InChI=1S/C11H13ClN2/c1-3-6-14(2)8-9-4-5-11(13)10(12)7-9/h1,4-5,7H,6,8,13H2,2H3. The van der Waals surface area contributed by atoms with Gasteiger partial charge >= 0.3 is 0 Å². The second kappa shape index (κ2) is 4.90. The van der Waals surface area contributed by atoms with Crippen molar-refractivity contribution in [3.8, 4) is 12.3 Å². The molecule has 0 unspecified atom stereocenters. The molecular weight excluding hydrogens is 196 g/mol. The Morgan fingerprint density at radius 1 is 1.57 bits per heavy atom. The Balaban J connectivity index is 2.69. The Hall–Kier alpha value is -1.17. The maximum Gasteiger partial charge on any atom is 0.0638 e. The van der Waals surface area contributed by atoms with E-state index in [-0.39, 0.29) is 0 Å². The van der Waals surface area contributed by atoms with E-state index >= 15 is 0 Å². The lowest BCUT2D eigenvalue weighted by molar-refractivity contribution is 0.369. The van der Waals surface area contributed by atoms with Crippen LogP contribution >= 0.6 is 11.6 Å². The van der Waals surface area contributed by atoms with Crippen molar-refractivity contribution in [1.29, 1.82) is 0 Å². The number of hydrogen-bond acceptors (Lipinski definition) is 2. The molecule has 0 bridgehead atoms. The predicted molar refractivity (Wildman–Crippen MR) is 61.0 cm³/mol. The molecule has 1 aromatic rings. The maximum absolute atomic E-state index is 5.89. The smallest absolute Gasteiger partial charge is 0.0638 e. The summed E-state index contributed by atoms with van der Waals surface area (Å²) in [4.78, 5) is 2.03. The number of halogens is 1. The van der Waals surface area contributed by atoms with Crippen LogP contribution in [0.2, 0.25) is 5.02 Å². The van der Waals surface area contributed by atoms with Gasteiger partial charge in [-0.3, -0.25) is 4.90 Å². The van der Waals surface area contributed by atoms with Crippen LogP contribution in [0.1, 0.15) is 5.56 Å². The molecule has 0 aliphatic carbocycles. The van der Waals surface area contributed by atoms with Gasteiger partial charge < -0.3 is 5.73 Å². The van der Waals surface area contributed by atoms with Gasteiger partial charge in [-0.15, -0.1) is 6.42 Å². The summed E-state index contributed by atoms with van der Waals surface area (Å²) in [7, 11) is 1.96. The van der Waals surface area contributed by atoms with E-state index in [2.05, 4.69) is 5.92 Å². The Labute approximate surface area is 89.7 Å². The van der Waals surface area contributed by atoms with Crippen LogP contribution in [0.15, 0.2) is 18.2 Å². The van der Waals surface area contributed by atoms with Gasteiger partial charge in [0.2, 0.25) is 0 Å². The summed E-state index contributed by atoms with van der Waals surface area (Å²) < 4.78 is 0. The van der Waals surface area contributed by atoms with Crippen molar-refractivity contribution < 1.29 is 0 Å². The molecule has 0 aliphatic heterocycles. The topological polar surface area (TPSA) is 29.3 Å². The fourth-order valence-electron chi connectivity index (χ4n) is 1.19. The number of nitrogens with two attached hydrogens (primary N) is 1. The monoisotopic (exact) mass is 208 g/mol. The van der Waals surface area contributed by atoms with E-state index in [1.807, 2.05) is 24.1 Å². The van der Waals surface area contributed by atoms with E-state index in [0.717, 1.165) is 12.1 Å². The first kappa shape index (κ1) is 10.9. The van der Waals surface area contributed by atoms with Crippen molar-refractivity contribution in [3.63, 3.8) is 0 Å². The van der Waals surface area contributed by atoms with E-state index in [1.54, 1.807) is 6.07 Å². The van der Waals surface area contributed by atoms with Crippen molar-refractivity contribution in [1.82, 2.24) is 4.90 Å². The molecule has 3 heteroatoms. The lowest BCUT2D eigenvalue weighted by atomic mass is 10.2. The molecule has 2 nitrogen and oxygen atoms in total. The number of anilines is 1. The molecule has 0 spiro atoms. The van der Waals surface area contributed by atoms with Crippen LogP contribution in [0.4, 0.5) is 5.69 Å². The Kier molecular flexibility index (Phi) is 3.82. The van der Waals surface area contributed by atoms with Crippen LogP contribution in [0.5, 0.6) is 0 Å². The van der Waals surface area contributed by atoms with Gasteiger partial charge in [-0.05, 0) is 24.7 Å². The number of terminal acetylenes is 1. The van der Waals surface area contributed by atoms with Gasteiger partial charge in [0.25, 0.3) is 0 Å². The highest BCUT2D eigenvalue weighted by Gasteiger charge is 2.01. The zero-order chi connectivity index (χ0) is 10.6. The molecule has 14 heavy (non-hydrogen) atoms. The van der Waals surface area contributed by atoms with Gasteiger partial charge in [-0.25, -0.2) is 0 Å². The SMILES string of the molecule is C#CCN(C)Cc1ccc(N)c(Cl)c1. The minimum Gasteiger partial charge on any atom is -0.398 e. The predicted octanol–water partition coefficient (Wildman–Crippen LogP) is 1.99. The molecule has 0 amide bonds.